The van der Waals surface area contributed by atoms with E-state index in [1.165, 1.54) is 7.11 Å². The molecule has 1 aromatic carbocycles. The summed E-state index contributed by atoms with van der Waals surface area (Å²) in [7, 11) is 1.39. The summed E-state index contributed by atoms with van der Waals surface area (Å²) < 4.78 is 12.5. The van der Waals surface area contributed by atoms with E-state index in [0.717, 1.165) is 22.2 Å². The number of carbonyl (C=O) groups is 1. The summed E-state index contributed by atoms with van der Waals surface area (Å²) in [6.45, 7) is 4.95. The standard InChI is InChI=1S/C18H19NO3/c1-12(2)11-22-16-6-7-17-13(9-16)4-5-15-8-14(10-19(15)17)18(20)21-3/h4-10,12H,11H2,1-3H3. The second kappa shape index (κ2) is 5.72. The Morgan fingerprint density at radius 3 is 2.73 bits per heavy atom. The van der Waals surface area contributed by atoms with Crippen LogP contribution in [0.2, 0.25) is 0 Å². The van der Waals surface area contributed by atoms with Crippen LogP contribution in [0.15, 0.2) is 42.6 Å². The Morgan fingerprint density at radius 1 is 1.18 bits per heavy atom. The summed E-state index contributed by atoms with van der Waals surface area (Å²) in [5, 5.41) is 1.07. The van der Waals surface area contributed by atoms with Crippen molar-refractivity contribution in [1.82, 2.24) is 4.40 Å². The third-order valence-corrected chi connectivity index (χ3v) is 3.55. The quantitative estimate of drug-likeness (QED) is 0.685. The molecule has 4 heteroatoms. The number of nitrogens with zero attached hydrogens (tertiary/aromatic N) is 1. The van der Waals surface area contributed by atoms with Gasteiger partial charge in [-0.05, 0) is 36.2 Å². The molecule has 3 rings (SSSR count). The fraction of sp³-hybridized carbons (Fsp3) is 0.278. The van der Waals surface area contributed by atoms with Gasteiger partial charge in [-0.15, -0.1) is 0 Å². The minimum Gasteiger partial charge on any atom is -0.493 e. The number of hydrogen-bond acceptors (Lipinski definition) is 3. The number of methoxy groups -OCH3 is 1. The number of esters is 1. The topological polar surface area (TPSA) is 39.9 Å². The van der Waals surface area contributed by atoms with Gasteiger partial charge in [0.05, 0.1) is 24.8 Å². The van der Waals surface area contributed by atoms with Crippen molar-refractivity contribution in [1.29, 1.82) is 0 Å². The van der Waals surface area contributed by atoms with Crippen LogP contribution >= 0.6 is 0 Å². The second-order valence-corrected chi connectivity index (χ2v) is 5.77. The van der Waals surface area contributed by atoms with Crippen molar-refractivity contribution < 1.29 is 14.3 Å². The Hall–Kier alpha value is -2.49. The number of benzene rings is 1. The van der Waals surface area contributed by atoms with Crippen LogP contribution in [0.1, 0.15) is 24.2 Å². The first-order valence-corrected chi connectivity index (χ1v) is 7.34. The Balaban J connectivity index is 2.04. The zero-order valence-electron chi connectivity index (χ0n) is 13.0. The van der Waals surface area contributed by atoms with Gasteiger partial charge >= 0.3 is 5.97 Å². The average molecular weight is 297 g/mol. The van der Waals surface area contributed by atoms with Crippen molar-refractivity contribution >= 4 is 22.4 Å². The Bertz CT molecular complexity index is 833. The summed E-state index contributed by atoms with van der Waals surface area (Å²) in [4.78, 5) is 11.7. The number of fused-ring (bicyclic) bond motifs is 3. The first-order chi connectivity index (χ1) is 10.6. The van der Waals surface area contributed by atoms with Gasteiger partial charge < -0.3 is 13.9 Å². The van der Waals surface area contributed by atoms with E-state index in [2.05, 4.69) is 13.8 Å². The number of hydrogen-bond donors (Lipinski definition) is 0. The summed E-state index contributed by atoms with van der Waals surface area (Å²) in [6, 6.07) is 11.8. The molecular formula is C18H19NO3. The minimum absolute atomic E-state index is 0.325. The number of pyridine rings is 1. The smallest absolute Gasteiger partial charge is 0.339 e. The van der Waals surface area contributed by atoms with E-state index < -0.39 is 0 Å². The highest BCUT2D eigenvalue weighted by Crippen LogP contribution is 2.24. The number of ether oxygens (including phenoxy) is 2. The molecule has 0 radical (unpaired) electrons. The van der Waals surface area contributed by atoms with Crippen molar-refractivity contribution in [2.75, 3.05) is 13.7 Å². The van der Waals surface area contributed by atoms with E-state index in [9.17, 15) is 4.79 Å². The Kier molecular flexibility index (Phi) is 3.75. The summed E-state index contributed by atoms with van der Waals surface area (Å²) >= 11 is 0. The van der Waals surface area contributed by atoms with E-state index in [1.807, 2.05) is 40.8 Å². The molecule has 0 aliphatic heterocycles. The lowest BCUT2D eigenvalue weighted by molar-refractivity contribution is 0.0601. The van der Waals surface area contributed by atoms with E-state index >= 15 is 0 Å². The zero-order chi connectivity index (χ0) is 15.7. The molecule has 3 aromatic rings. The molecule has 0 fully saturated rings. The van der Waals surface area contributed by atoms with Crippen molar-refractivity contribution in [3.05, 3.63) is 48.2 Å². The normalized spacial score (nSPS) is 11.3. The number of aromatic nitrogens is 1. The molecule has 0 saturated heterocycles. The van der Waals surface area contributed by atoms with Crippen LogP contribution in [0.3, 0.4) is 0 Å². The fourth-order valence-electron chi connectivity index (χ4n) is 2.46. The average Bonchev–Trinajstić information content (AvgIpc) is 2.96. The van der Waals surface area contributed by atoms with Gasteiger partial charge in [-0.2, -0.15) is 0 Å². The summed E-state index contributed by atoms with van der Waals surface area (Å²) in [5.41, 5.74) is 2.54. The molecule has 0 saturated carbocycles. The van der Waals surface area contributed by atoms with Crippen molar-refractivity contribution in [3.8, 4) is 5.75 Å². The van der Waals surface area contributed by atoms with Gasteiger partial charge in [0.2, 0.25) is 0 Å². The number of rotatable bonds is 4. The molecule has 0 aliphatic rings. The molecule has 0 unspecified atom stereocenters. The molecular weight excluding hydrogens is 278 g/mol. The van der Waals surface area contributed by atoms with Gasteiger partial charge in [-0.3, -0.25) is 0 Å². The summed E-state index contributed by atoms with van der Waals surface area (Å²) in [5.74, 6) is 1.03. The van der Waals surface area contributed by atoms with Crippen molar-refractivity contribution in [2.24, 2.45) is 5.92 Å². The molecule has 2 aromatic heterocycles. The minimum atomic E-state index is -0.325. The maximum Gasteiger partial charge on any atom is 0.339 e. The maximum absolute atomic E-state index is 11.7. The van der Waals surface area contributed by atoms with Crippen LogP contribution in [0.4, 0.5) is 0 Å². The van der Waals surface area contributed by atoms with Crippen LogP contribution < -0.4 is 4.74 Å². The lowest BCUT2D eigenvalue weighted by Crippen LogP contribution is -2.04. The second-order valence-electron chi connectivity index (χ2n) is 5.77. The van der Waals surface area contributed by atoms with Crippen LogP contribution in [0, 0.1) is 5.92 Å². The predicted octanol–water partition coefficient (Wildman–Crippen LogP) is 3.91. The van der Waals surface area contributed by atoms with Gasteiger partial charge in [0, 0.05) is 17.1 Å². The molecule has 0 atom stereocenters. The molecule has 0 aliphatic carbocycles. The largest absolute Gasteiger partial charge is 0.493 e. The lowest BCUT2D eigenvalue weighted by atomic mass is 10.2. The van der Waals surface area contributed by atoms with Crippen LogP contribution in [-0.2, 0) is 4.74 Å². The molecule has 0 N–H and O–H groups in total. The van der Waals surface area contributed by atoms with Crippen molar-refractivity contribution in [2.45, 2.75) is 13.8 Å². The monoisotopic (exact) mass is 297 g/mol. The molecule has 0 bridgehead atoms. The van der Waals surface area contributed by atoms with Gasteiger partial charge in [0.15, 0.2) is 0 Å². The molecule has 0 amide bonds. The van der Waals surface area contributed by atoms with Crippen LogP contribution in [-0.4, -0.2) is 24.1 Å². The van der Waals surface area contributed by atoms with Gasteiger partial charge in [-0.25, -0.2) is 4.79 Å². The first kappa shape index (κ1) is 14.4. The summed E-state index contributed by atoms with van der Waals surface area (Å²) in [6.07, 6.45) is 1.80. The van der Waals surface area contributed by atoms with Gasteiger partial charge in [-0.1, -0.05) is 19.9 Å². The van der Waals surface area contributed by atoms with E-state index in [1.54, 1.807) is 6.20 Å². The zero-order valence-corrected chi connectivity index (χ0v) is 13.0. The maximum atomic E-state index is 11.7. The van der Waals surface area contributed by atoms with E-state index in [-0.39, 0.29) is 5.97 Å². The Morgan fingerprint density at radius 2 is 2.00 bits per heavy atom. The molecule has 0 spiro atoms. The van der Waals surface area contributed by atoms with Crippen LogP contribution in [0.5, 0.6) is 5.75 Å². The van der Waals surface area contributed by atoms with E-state index in [0.29, 0.717) is 18.1 Å². The molecule has 22 heavy (non-hydrogen) atoms. The molecule has 4 nitrogen and oxygen atoms in total. The van der Waals surface area contributed by atoms with Crippen LogP contribution in [0.25, 0.3) is 16.4 Å². The first-order valence-electron chi connectivity index (χ1n) is 7.34. The van der Waals surface area contributed by atoms with E-state index in [4.69, 9.17) is 9.47 Å². The third kappa shape index (κ3) is 2.64. The van der Waals surface area contributed by atoms with Gasteiger partial charge in [0.25, 0.3) is 0 Å². The highest BCUT2D eigenvalue weighted by atomic mass is 16.5. The third-order valence-electron chi connectivity index (χ3n) is 3.55. The highest BCUT2D eigenvalue weighted by molar-refractivity contribution is 5.93. The fourth-order valence-corrected chi connectivity index (χ4v) is 2.46. The molecule has 114 valence electrons. The van der Waals surface area contributed by atoms with Crippen molar-refractivity contribution in [3.63, 3.8) is 0 Å². The Labute approximate surface area is 129 Å². The molecule has 2 heterocycles. The number of carbonyl (C=O) groups excluding carboxylic acids is 1. The van der Waals surface area contributed by atoms with Gasteiger partial charge in [0.1, 0.15) is 5.75 Å². The highest BCUT2D eigenvalue weighted by Gasteiger charge is 2.10. The lowest BCUT2D eigenvalue weighted by Gasteiger charge is -2.10. The predicted molar refractivity (Wildman–Crippen MR) is 86.6 cm³/mol. The SMILES string of the molecule is COC(=O)c1cc2ccc3cc(OCC(C)C)ccc3n2c1.